The molecule has 3 rings (SSSR count). The van der Waals surface area contributed by atoms with E-state index in [1.165, 1.54) is 18.4 Å². The minimum Gasteiger partial charge on any atom is -0.495 e. The number of fused-ring (bicyclic) bond motifs is 2. The van der Waals surface area contributed by atoms with Crippen molar-refractivity contribution < 1.29 is 9.84 Å². The predicted octanol–water partition coefficient (Wildman–Crippen LogP) is 2.05. The van der Waals surface area contributed by atoms with Gasteiger partial charge in [0.1, 0.15) is 11.8 Å². The third-order valence-corrected chi connectivity index (χ3v) is 4.61. The molecule has 0 spiro atoms. The minimum atomic E-state index is -0.126. The van der Waals surface area contributed by atoms with Crippen molar-refractivity contribution in [3.63, 3.8) is 0 Å². The molecule has 2 saturated heterocycles. The highest BCUT2D eigenvalue weighted by Crippen LogP contribution is 2.37. The van der Waals surface area contributed by atoms with Crippen LogP contribution < -0.4 is 4.74 Å². The largest absolute Gasteiger partial charge is 0.495 e. The number of aliphatic hydroxyl groups excluding tert-OH is 1. The first kappa shape index (κ1) is 13.4. The van der Waals surface area contributed by atoms with Gasteiger partial charge >= 0.3 is 0 Å². The summed E-state index contributed by atoms with van der Waals surface area (Å²) in [6.07, 6.45) is 4.04. The van der Waals surface area contributed by atoms with Crippen LogP contribution >= 0.6 is 0 Å². The topological polar surface area (TPSA) is 56.5 Å². The number of methoxy groups -OCH3 is 1. The zero-order valence-corrected chi connectivity index (χ0v) is 11.7. The minimum absolute atomic E-state index is 0.126. The Labute approximate surface area is 119 Å². The second kappa shape index (κ2) is 5.43. The maximum atomic E-state index is 9.84. The lowest BCUT2D eigenvalue weighted by Crippen LogP contribution is -2.44. The second-order valence-corrected chi connectivity index (χ2v) is 5.83. The van der Waals surface area contributed by atoms with E-state index in [2.05, 4.69) is 11.0 Å². The number of aliphatic hydroxyl groups is 1. The van der Waals surface area contributed by atoms with Crippen molar-refractivity contribution in [2.24, 2.45) is 0 Å². The monoisotopic (exact) mass is 272 g/mol. The third-order valence-electron chi connectivity index (χ3n) is 4.61. The zero-order chi connectivity index (χ0) is 14.1. The van der Waals surface area contributed by atoms with Crippen molar-refractivity contribution in [3.8, 4) is 11.8 Å². The molecule has 0 radical (unpaired) electrons. The van der Waals surface area contributed by atoms with Crippen LogP contribution in [0.3, 0.4) is 0 Å². The quantitative estimate of drug-likeness (QED) is 0.915. The van der Waals surface area contributed by atoms with E-state index in [4.69, 9.17) is 10.00 Å². The van der Waals surface area contributed by atoms with Crippen LogP contribution in [0.25, 0.3) is 0 Å². The lowest BCUT2D eigenvalue weighted by molar-refractivity contribution is 0.0310. The van der Waals surface area contributed by atoms with Gasteiger partial charge in [-0.2, -0.15) is 5.26 Å². The molecule has 0 amide bonds. The number of nitrogens with zero attached hydrogens (tertiary/aromatic N) is 2. The van der Waals surface area contributed by atoms with Crippen LogP contribution in [-0.4, -0.2) is 35.3 Å². The molecule has 20 heavy (non-hydrogen) atoms. The fourth-order valence-electron chi connectivity index (χ4n) is 3.64. The molecule has 0 aromatic heterocycles. The molecular formula is C16H20N2O2. The number of ether oxygens (including phenoxy) is 1. The highest BCUT2D eigenvalue weighted by molar-refractivity contribution is 5.45. The van der Waals surface area contributed by atoms with Crippen LogP contribution in [0.1, 0.15) is 36.8 Å². The van der Waals surface area contributed by atoms with Crippen LogP contribution in [0.15, 0.2) is 18.2 Å². The molecule has 106 valence electrons. The number of benzene rings is 1. The molecule has 2 fully saturated rings. The summed E-state index contributed by atoms with van der Waals surface area (Å²) in [5.41, 5.74) is 1.75. The Morgan fingerprint density at radius 2 is 2.05 bits per heavy atom. The number of nitriles is 1. The van der Waals surface area contributed by atoms with Crippen LogP contribution in [-0.2, 0) is 6.54 Å². The number of hydrogen-bond acceptors (Lipinski definition) is 4. The van der Waals surface area contributed by atoms with E-state index in [0.29, 0.717) is 23.4 Å². The van der Waals surface area contributed by atoms with E-state index in [9.17, 15) is 5.11 Å². The average molecular weight is 272 g/mol. The summed E-state index contributed by atoms with van der Waals surface area (Å²) in [5, 5.41) is 18.9. The number of hydrogen-bond donors (Lipinski definition) is 1. The fourth-order valence-corrected chi connectivity index (χ4v) is 3.64. The van der Waals surface area contributed by atoms with Crippen LogP contribution in [0.5, 0.6) is 5.75 Å². The van der Waals surface area contributed by atoms with Gasteiger partial charge in [0.15, 0.2) is 0 Å². The summed E-state index contributed by atoms with van der Waals surface area (Å²) in [6, 6.07) is 8.95. The van der Waals surface area contributed by atoms with Gasteiger partial charge < -0.3 is 9.84 Å². The van der Waals surface area contributed by atoms with E-state index in [1.54, 1.807) is 7.11 Å². The molecule has 2 atom stereocenters. The number of rotatable bonds is 3. The van der Waals surface area contributed by atoms with Gasteiger partial charge in [-0.05, 0) is 43.4 Å². The molecule has 0 aliphatic carbocycles. The summed E-state index contributed by atoms with van der Waals surface area (Å²) in [5.74, 6) is 0.648. The average Bonchev–Trinajstić information content (AvgIpc) is 2.70. The summed E-state index contributed by atoms with van der Waals surface area (Å²) >= 11 is 0. The predicted molar refractivity (Wildman–Crippen MR) is 75.3 cm³/mol. The second-order valence-electron chi connectivity index (χ2n) is 5.83. The van der Waals surface area contributed by atoms with Gasteiger partial charge in [-0.1, -0.05) is 6.07 Å². The molecule has 1 aromatic carbocycles. The van der Waals surface area contributed by atoms with Gasteiger partial charge in [-0.3, -0.25) is 4.90 Å². The normalized spacial score (nSPS) is 29.1. The maximum Gasteiger partial charge on any atom is 0.136 e. The summed E-state index contributed by atoms with van der Waals surface area (Å²) in [4.78, 5) is 2.51. The molecule has 2 aliphatic heterocycles. The SMILES string of the molecule is COc1cc(CN2C3CCC2CC(O)C3)ccc1C#N. The van der Waals surface area contributed by atoms with E-state index in [1.807, 2.05) is 18.2 Å². The molecule has 4 nitrogen and oxygen atoms in total. The van der Waals surface area contributed by atoms with Gasteiger partial charge in [-0.15, -0.1) is 0 Å². The van der Waals surface area contributed by atoms with E-state index in [-0.39, 0.29) is 6.10 Å². The summed E-state index contributed by atoms with van der Waals surface area (Å²) < 4.78 is 5.27. The van der Waals surface area contributed by atoms with Crippen molar-refractivity contribution in [2.45, 2.75) is 50.4 Å². The van der Waals surface area contributed by atoms with Gasteiger partial charge in [0.05, 0.1) is 18.8 Å². The molecule has 4 heteroatoms. The van der Waals surface area contributed by atoms with Crippen molar-refractivity contribution in [3.05, 3.63) is 29.3 Å². The standard InChI is InChI=1S/C16H20N2O2/c1-20-16-6-11(2-3-12(16)9-17)10-18-13-4-5-14(18)8-15(19)7-13/h2-3,6,13-15,19H,4-5,7-8,10H2,1H3. The fraction of sp³-hybridized carbons (Fsp3) is 0.562. The first-order valence-corrected chi connectivity index (χ1v) is 7.22. The van der Waals surface area contributed by atoms with Gasteiger partial charge in [0.2, 0.25) is 0 Å². The highest BCUT2D eigenvalue weighted by Gasteiger charge is 2.39. The van der Waals surface area contributed by atoms with E-state index < -0.39 is 0 Å². The smallest absolute Gasteiger partial charge is 0.136 e. The molecule has 2 unspecified atom stereocenters. The first-order chi connectivity index (χ1) is 9.71. The molecular weight excluding hydrogens is 252 g/mol. The molecule has 1 aromatic rings. The summed E-state index contributed by atoms with van der Waals surface area (Å²) in [7, 11) is 1.60. The molecule has 2 aliphatic rings. The molecule has 2 heterocycles. The molecule has 2 bridgehead atoms. The lowest BCUT2D eigenvalue weighted by atomic mass is 9.99. The van der Waals surface area contributed by atoms with Gasteiger partial charge in [0.25, 0.3) is 0 Å². The maximum absolute atomic E-state index is 9.84. The highest BCUT2D eigenvalue weighted by atomic mass is 16.5. The Morgan fingerprint density at radius 3 is 2.65 bits per heavy atom. The van der Waals surface area contributed by atoms with Crippen molar-refractivity contribution in [1.29, 1.82) is 5.26 Å². The van der Waals surface area contributed by atoms with Crippen LogP contribution in [0.4, 0.5) is 0 Å². The van der Waals surface area contributed by atoms with Gasteiger partial charge in [0, 0.05) is 18.6 Å². The molecule has 1 N–H and O–H groups in total. The van der Waals surface area contributed by atoms with E-state index >= 15 is 0 Å². The Balaban J connectivity index is 1.77. The van der Waals surface area contributed by atoms with Crippen LogP contribution in [0.2, 0.25) is 0 Å². The Morgan fingerprint density at radius 1 is 1.35 bits per heavy atom. The zero-order valence-electron chi connectivity index (χ0n) is 11.7. The number of piperidine rings is 1. The van der Waals surface area contributed by atoms with Crippen LogP contribution in [0, 0.1) is 11.3 Å². The third kappa shape index (κ3) is 2.39. The van der Waals surface area contributed by atoms with Crippen molar-refractivity contribution >= 4 is 0 Å². The van der Waals surface area contributed by atoms with Crippen molar-refractivity contribution in [2.75, 3.05) is 7.11 Å². The Bertz CT molecular complexity index is 524. The first-order valence-electron chi connectivity index (χ1n) is 7.22. The lowest BCUT2D eigenvalue weighted by Gasteiger charge is -2.37. The van der Waals surface area contributed by atoms with Gasteiger partial charge in [-0.25, -0.2) is 0 Å². The summed E-state index contributed by atoms with van der Waals surface area (Å²) in [6.45, 7) is 0.879. The van der Waals surface area contributed by atoms with E-state index in [0.717, 1.165) is 19.4 Å². The van der Waals surface area contributed by atoms with Crippen molar-refractivity contribution in [1.82, 2.24) is 4.90 Å². The Kier molecular flexibility index (Phi) is 3.64. The molecule has 0 saturated carbocycles. The Hall–Kier alpha value is -1.57.